The van der Waals surface area contributed by atoms with Crippen molar-refractivity contribution in [1.82, 2.24) is 14.5 Å². The van der Waals surface area contributed by atoms with Crippen LogP contribution in [-0.4, -0.2) is 42.4 Å². The van der Waals surface area contributed by atoms with E-state index in [9.17, 15) is 13.7 Å². The first-order valence-corrected chi connectivity index (χ1v) is 8.87. The highest BCUT2D eigenvalue weighted by Crippen LogP contribution is 2.32. The molecule has 0 amide bonds. The van der Waals surface area contributed by atoms with E-state index >= 15 is 0 Å². The Kier molecular flexibility index (Phi) is 3.62. The largest absolute Gasteiger partial charge is 0.381 e. The molecule has 0 aromatic carbocycles. The third kappa shape index (κ3) is 2.46. The molecule has 1 saturated heterocycles. The lowest BCUT2D eigenvalue weighted by Crippen LogP contribution is -2.28. The number of nitriles is 1. The van der Waals surface area contributed by atoms with Crippen LogP contribution < -0.4 is 0 Å². The average molecular weight is 320 g/mol. The van der Waals surface area contributed by atoms with Crippen molar-refractivity contribution in [3.8, 4) is 6.07 Å². The van der Waals surface area contributed by atoms with Crippen molar-refractivity contribution in [2.45, 2.75) is 24.5 Å². The molecule has 0 unspecified atom stereocenters. The van der Waals surface area contributed by atoms with Gasteiger partial charge in [0.05, 0.1) is 6.61 Å². The van der Waals surface area contributed by atoms with Crippen LogP contribution in [0.2, 0.25) is 0 Å². The van der Waals surface area contributed by atoms with Crippen molar-refractivity contribution >= 4 is 20.9 Å². The van der Waals surface area contributed by atoms with Gasteiger partial charge in [0.15, 0.2) is 0 Å². The number of nitrogens with zero attached hydrogens (tertiary/aromatic N) is 4. The Hall–Kier alpha value is -1.98. The highest BCUT2D eigenvalue weighted by molar-refractivity contribution is 7.90. The van der Waals surface area contributed by atoms with E-state index in [1.807, 2.05) is 4.57 Å². The van der Waals surface area contributed by atoms with Gasteiger partial charge in [-0.1, -0.05) is 6.92 Å². The molecule has 1 aliphatic rings. The van der Waals surface area contributed by atoms with Gasteiger partial charge in [-0.2, -0.15) is 10.2 Å². The zero-order chi connectivity index (χ0) is 15.9. The van der Waals surface area contributed by atoms with E-state index in [2.05, 4.69) is 23.0 Å². The maximum atomic E-state index is 11.7. The molecule has 8 heteroatoms. The summed E-state index contributed by atoms with van der Waals surface area (Å²) >= 11 is 0. The Morgan fingerprint density at radius 2 is 2.27 bits per heavy atom. The molecule has 22 heavy (non-hydrogen) atoms. The van der Waals surface area contributed by atoms with Gasteiger partial charge < -0.3 is 9.30 Å². The van der Waals surface area contributed by atoms with Gasteiger partial charge in [-0.05, 0) is 12.5 Å². The molecule has 0 radical (unpaired) electrons. The quantitative estimate of drug-likeness (QED) is 0.774. The van der Waals surface area contributed by atoms with Gasteiger partial charge in [-0.3, -0.25) is 0 Å². The highest BCUT2D eigenvalue weighted by atomic mass is 32.2. The van der Waals surface area contributed by atoms with Crippen LogP contribution in [-0.2, 0) is 14.6 Å². The summed E-state index contributed by atoms with van der Waals surface area (Å²) in [6, 6.07) is 3.92. The SMILES string of the molecule is C[C@@H]1COCC[C@@H]1n1c(C#N)cc2cnc(S(C)(=O)=O)nc21. The van der Waals surface area contributed by atoms with Crippen molar-refractivity contribution in [3.05, 3.63) is 18.0 Å². The van der Waals surface area contributed by atoms with E-state index in [1.165, 1.54) is 6.20 Å². The Morgan fingerprint density at radius 1 is 1.50 bits per heavy atom. The molecule has 3 heterocycles. The second kappa shape index (κ2) is 5.34. The van der Waals surface area contributed by atoms with Gasteiger partial charge >= 0.3 is 0 Å². The van der Waals surface area contributed by atoms with Gasteiger partial charge in [-0.15, -0.1) is 0 Å². The number of fused-ring (bicyclic) bond motifs is 1. The summed E-state index contributed by atoms with van der Waals surface area (Å²) in [4.78, 5) is 8.08. The normalized spacial score (nSPS) is 22.6. The molecule has 2 aromatic heterocycles. The van der Waals surface area contributed by atoms with E-state index in [1.54, 1.807) is 6.07 Å². The van der Waals surface area contributed by atoms with E-state index < -0.39 is 9.84 Å². The molecule has 0 N–H and O–H groups in total. The third-order valence-corrected chi connectivity index (χ3v) is 4.79. The predicted molar refractivity (Wildman–Crippen MR) is 79.0 cm³/mol. The van der Waals surface area contributed by atoms with Crippen LogP contribution in [0.15, 0.2) is 17.4 Å². The molecule has 0 saturated carbocycles. The maximum Gasteiger partial charge on any atom is 0.248 e. The van der Waals surface area contributed by atoms with Gasteiger partial charge in [0, 0.05) is 36.4 Å². The summed E-state index contributed by atoms with van der Waals surface area (Å²) in [5.41, 5.74) is 0.958. The summed E-state index contributed by atoms with van der Waals surface area (Å²) in [7, 11) is -3.50. The molecular weight excluding hydrogens is 304 g/mol. The van der Waals surface area contributed by atoms with Gasteiger partial charge in [0.25, 0.3) is 0 Å². The molecule has 0 bridgehead atoms. The number of hydrogen-bond donors (Lipinski definition) is 0. The average Bonchev–Trinajstić information content (AvgIpc) is 2.84. The molecular formula is C14H16N4O3S. The standard InChI is InChI=1S/C14H16N4O3S/c1-9-8-21-4-3-12(9)18-11(6-15)5-10-7-16-14(17-13(10)18)22(2,19)20/h5,7,9,12H,3-4,8H2,1-2H3/t9-,12+/m1/s1. The zero-order valence-electron chi connectivity index (χ0n) is 12.4. The van der Waals surface area contributed by atoms with E-state index in [4.69, 9.17) is 4.74 Å². The first-order chi connectivity index (χ1) is 10.4. The molecule has 7 nitrogen and oxygen atoms in total. The molecule has 3 rings (SSSR count). The fourth-order valence-corrected chi connectivity index (χ4v) is 3.34. The Bertz CT molecular complexity index is 866. The van der Waals surface area contributed by atoms with Crippen LogP contribution in [0.5, 0.6) is 0 Å². The molecule has 2 aromatic rings. The summed E-state index contributed by atoms with van der Waals surface area (Å²) in [5, 5.41) is 9.85. The smallest absolute Gasteiger partial charge is 0.248 e. The fourth-order valence-electron chi connectivity index (χ4n) is 2.85. The lowest BCUT2D eigenvalue weighted by Gasteiger charge is -2.31. The van der Waals surface area contributed by atoms with Crippen LogP contribution in [0, 0.1) is 17.2 Å². The molecule has 1 fully saturated rings. The van der Waals surface area contributed by atoms with Gasteiger partial charge in [-0.25, -0.2) is 13.4 Å². The lowest BCUT2D eigenvalue weighted by molar-refractivity contribution is 0.0295. The molecule has 2 atom stereocenters. The van der Waals surface area contributed by atoms with E-state index in [-0.39, 0.29) is 17.1 Å². The predicted octanol–water partition coefficient (Wildman–Crippen LogP) is 1.30. The zero-order valence-corrected chi connectivity index (χ0v) is 13.2. The summed E-state index contributed by atoms with van der Waals surface area (Å²) < 4.78 is 30.7. The van der Waals surface area contributed by atoms with Crippen LogP contribution >= 0.6 is 0 Å². The molecule has 116 valence electrons. The lowest BCUT2D eigenvalue weighted by atomic mass is 9.97. The Morgan fingerprint density at radius 3 is 2.91 bits per heavy atom. The second-order valence-corrected chi connectivity index (χ2v) is 7.53. The van der Waals surface area contributed by atoms with E-state index in [0.717, 1.165) is 12.7 Å². The number of aromatic nitrogens is 3. The third-order valence-electron chi connectivity index (χ3n) is 3.93. The maximum absolute atomic E-state index is 11.7. The summed E-state index contributed by atoms with van der Waals surface area (Å²) in [6.07, 6.45) is 3.29. The fraction of sp³-hybridized carbons (Fsp3) is 0.500. The van der Waals surface area contributed by atoms with Crippen molar-refractivity contribution in [3.63, 3.8) is 0 Å². The van der Waals surface area contributed by atoms with Gasteiger partial charge in [0.2, 0.25) is 15.0 Å². The molecule has 0 aliphatic carbocycles. The number of ether oxygens (including phenoxy) is 1. The topological polar surface area (TPSA) is 97.9 Å². The van der Waals surface area contributed by atoms with Crippen molar-refractivity contribution < 1.29 is 13.2 Å². The van der Waals surface area contributed by atoms with Gasteiger partial charge in [0.1, 0.15) is 17.4 Å². The molecule has 1 aliphatic heterocycles. The minimum Gasteiger partial charge on any atom is -0.381 e. The Balaban J connectivity index is 2.24. The number of sulfone groups is 1. The van der Waals surface area contributed by atoms with Crippen LogP contribution in [0.25, 0.3) is 11.0 Å². The van der Waals surface area contributed by atoms with Crippen molar-refractivity contribution in [2.75, 3.05) is 19.5 Å². The van der Waals surface area contributed by atoms with Crippen LogP contribution in [0.3, 0.4) is 0 Å². The monoisotopic (exact) mass is 320 g/mol. The number of hydrogen-bond acceptors (Lipinski definition) is 6. The van der Waals surface area contributed by atoms with Crippen LogP contribution in [0.1, 0.15) is 25.1 Å². The van der Waals surface area contributed by atoms with E-state index in [0.29, 0.717) is 29.9 Å². The minimum atomic E-state index is -3.50. The highest BCUT2D eigenvalue weighted by Gasteiger charge is 2.28. The van der Waals surface area contributed by atoms with Crippen molar-refractivity contribution in [1.29, 1.82) is 5.26 Å². The summed E-state index contributed by atoms with van der Waals surface area (Å²) in [6.45, 7) is 3.28. The Labute approximate surface area is 128 Å². The van der Waals surface area contributed by atoms with Crippen molar-refractivity contribution in [2.24, 2.45) is 5.92 Å². The number of rotatable bonds is 2. The second-order valence-electron chi connectivity index (χ2n) is 5.62. The first-order valence-electron chi connectivity index (χ1n) is 6.97. The minimum absolute atomic E-state index is 0.0585. The molecule has 0 spiro atoms. The first kappa shape index (κ1) is 14.9. The van der Waals surface area contributed by atoms with Crippen LogP contribution in [0.4, 0.5) is 0 Å². The summed E-state index contributed by atoms with van der Waals surface area (Å²) in [5.74, 6) is 0.216.